The predicted octanol–water partition coefficient (Wildman–Crippen LogP) is 0.798. The number of rotatable bonds is 4. The lowest BCUT2D eigenvalue weighted by Gasteiger charge is -2.35. The molecule has 2 saturated heterocycles. The van der Waals surface area contributed by atoms with Crippen molar-refractivity contribution < 1.29 is 9.59 Å². The fourth-order valence-corrected chi connectivity index (χ4v) is 3.09. The van der Waals surface area contributed by atoms with Crippen LogP contribution in [0.5, 0.6) is 0 Å². The first-order chi connectivity index (χ1) is 9.56. The van der Waals surface area contributed by atoms with E-state index in [1.165, 1.54) is 0 Å². The van der Waals surface area contributed by atoms with E-state index < -0.39 is 0 Å². The van der Waals surface area contributed by atoms with Crippen LogP contribution in [0.4, 0.5) is 0 Å². The van der Waals surface area contributed by atoms with Crippen LogP contribution in [0.1, 0.15) is 33.6 Å². The van der Waals surface area contributed by atoms with Crippen molar-refractivity contribution in [3.8, 4) is 0 Å². The smallest absolute Gasteiger partial charge is 0.228 e. The summed E-state index contributed by atoms with van der Waals surface area (Å²) in [5, 5.41) is 0. The average Bonchev–Trinajstić information content (AvgIpc) is 2.87. The van der Waals surface area contributed by atoms with Crippen molar-refractivity contribution in [2.24, 2.45) is 5.92 Å². The Balaban J connectivity index is 1.90. The maximum Gasteiger partial charge on any atom is 0.228 e. The number of hydrogen-bond donors (Lipinski definition) is 0. The zero-order valence-electron chi connectivity index (χ0n) is 13.0. The molecule has 2 fully saturated rings. The van der Waals surface area contributed by atoms with Crippen LogP contribution in [-0.4, -0.2) is 71.8 Å². The normalized spacial score (nSPS) is 26.1. The Labute approximate surface area is 121 Å². The van der Waals surface area contributed by atoms with Crippen molar-refractivity contribution in [2.75, 3.05) is 39.3 Å². The summed E-state index contributed by atoms with van der Waals surface area (Å²) in [5.41, 5.74) is 0. The third-order valence-corrected chi connectivity index (χ3v) is 4.76. The van der Waals surface area contributed by atoms with Crippen molar-refractivity contribution in [2.45, 2.75) is 39.7 Å². The predicted molar refractivity (Wildman–Crippen MR) is 78.3 cm³/mol. The van der Waals surface area contributed by atoms with Gasteiger partial charge in [0.25, 0.3) is 0 Å². The number of carbonyl (C=O) groups is 2. The average molecular weight is 281 g/mol. The molecule has 0 spiro atoms. The molecule has 5 nitrogen and oxygen atoms in total. The highest BCUT2D eigenvalue weighted by atomic mass is 16.2. The molecule has 2 aliphatic rings. The summed E-state index contributed by atoms with van der Waals surface area (Å²) in [6.45, 7) is 11.5. The summed E-state index contributed by atoms with van der Waals surface area (Å²) in [6, 6.07) is 0.247. The number of likely N-dealkylation sites (tertiary alicyclic amines) is 1. The van der Waals surface area contributed by atoms with Crippen molar-refractivity contribution in [1.29, 1.82) is 0 Å². The second kappa shape index (κ2) is 6.57. The lowest BCUT2D eigenvalue weighted by Crippen LogP contribution is -2.50. The molecule has 2 heterocycles. The van der Waals surface area contributed by atoms with E-state index >= 15 is 0 Å². The summed E-state index contributed by atoms with van der Waals surface area (Å²) < 4.78 is 0. The Morgan fingerprint density at radius 1 is 1.25 bits per heavy atom. The number of likely N-dealkylation sites (N-methyl/N-ethyl adjacent to an activating group) is 1. The van der Waals surface area contributed by atoms with Gasteiger partial charge in [-0.25, -0.2) is 0 Å². The zero-order chi connectivity index (χ0) is 14.7. The van der Waals surface area contributed by atoms with Crippen molar-refractivity contribution in [3.63, 3.8) is 0 Å². The number of piperazine rings is 1. The van der Waals surface area contributed by atoms with Gasteiger partial charge in [0.1, 0.15) is 0 Å². The fourth-order valence-electron chi connectivity index (χ4n) is 3.09. The standard InChI is InChI=1S/C15H27N3O2/c1-4-12(3)18-11-13(10-14(18)19)15(20)17-8-6-16(5-2)7-9-17/h12-13H,4-11H2,1-3H3. The number of amides is 2. The van der Waals surface area contributed by atoms with Crippen LogP contribution in [0.2, 0.25) is 0 Å². The van der Waals surface area contributed by atoms with Crippen LogP contribution in [0.15, 0.2) is 0 Å². The van der Waals surface area contributed by atoms with Crippen molar-refractivity contribution in [1.82, 2.24) is 14.7 Å². The third kappa shape index (κ3) is 3.14. The Kier molecular flexibility index (Phi) is 5.02. The highest BCUT2D eigenvalue weighted by molar-refractivity contribution is 5.89. The van der Waals surface area contributed by atoms with E-state index in [-0.39, 0.29) is 23.8 Å². The highest BCUT2D eigenvalue weighted by Crippen LogP contribution is 2.23. The summed E-state index contributed by atoms with van der Waals surface area (Å²) in [5.74, 6) is 0.203. The van der Waals surface area contributed by atoms with Crippen LogP contribution in [0, 0.1) is 5.92 Å². The number of hydrogen-bond acceptors (Lipinski definition) is 3. The summed E-state index contributed by atoms with van der Waals surface area (Å²) in [4.78, 5) is 30.7. The molecule has 5 heteroatoms. The molecule has 2 amide bonds. The minimum absolute atomic E-state index is 0.121. The first-order valence-electron chi connectivity index (χ1n) is 7.87. The van der Waals surface area contributed by atoms with E-state index in [1.54, 1.807) is 0 Å². The van der Waals surface area contributed by atoms with Crippen LogP contribution in [0.25, 0.3) is 0 Å². The second-order valence-electron chi connectivity index (χ2n) is 5.96. The Bertz CT molecular complexity index is 364. The number of nitrogens with zero attached hydrogens (tertiary/aromatic N) is 3. The molecule has 0 aromatic heterocycles. The van der Waals surface area contributed by atoms with Gasteiger partial charge in [0.15, 0.2) is 0 Å². The monoisotopic (exact) mass is 281 g/mol. The van der Waals surface area contributed by atoms with E-state index in [0.29, 0.717) is 13.0 Å². The van der Waals surface area contributed by atoms with Gasteiger partial charge in [0.2, 0.25) is 11.8 Å². The third-order valence-electron chi connectivity index (χ3n) is 4.76. The first kappa shape index (κ1) is 15.3. The van der Waals surface area contributed by atoms with Gasteiger partial charge in [0, 0.05) is 45.2 Å². The van der Waals surface area contributed by atoms with Gasteiger partial charge in [-0.05, 0) is 19.9 Å². The molecular formula is C15H27N3O2. The molecule has 0 saturated carbocycles. The first-order valence-corrected chi connectivity index (χ1v) is 7.87. The van der Waals surface area contributed by atoms with Gasteiger partial charge < -0.3 is 14.7 Å². The molecule has 0 aromatic carbocycles. The van der Waals surface area contributed by atoms with E-state index in [0.717, 1.165) is 39.1 Å². The molecule has 0 aromatic rings. The lowest BCUT2D eigenvalue weighted by atomic mass is 10.1. The largest absolute Gasteiger partial charge is 0.340 e. The maximum absolute atomic E-state index is 12.5. The van der Waals surface area contributed by atoms with Crippen LogP contribution in [0.3, 0.4) is 0 Å². The van der Waals surface area contributed by atoms with Gasteiger partial charge >= 0.3 is 0 Å². The van der Waals surface area contributed by atoms with E-state index in [9.17, 15) is 9.59 Å². The van der Waals surface area contributed by atoms with Gasteiger partial charge in [-0.3, -0.25) is 9.59 Å². The minimum atomic E-state index is -0.121. The molecule has 2 aliphatic heterocycles. The molecular weight excluding hydrogens is 254 g/mol. The van der Waals surface area contributed by atoms with Gasteiger partial charge in [-0.15, -0.1) is 0 Å². The molecule has 0 radical (unpaired) electrons. The maximum atomic E-state index is 12.5. The minimum Gasteiger partial charge on any atom is -0.340 e. The van der Waals surface area contributed by atoms with E-state index in [2.05, 4.69) is 25.7 Å². The number of carbonyl (C=O) groups excluding carboxylic acids is 2. The van der Waals surface area contributed by atoms with Crippen molar-refractivity contribution in [3.05, 3.63) is 0 Å². The Hall–Kier alpha value is -1.10. The zero-order valence-corrected chi connectivity index (χ0v) is 13.0. The fraction of sp³-hybridized carbons (Fsp3) is 0.867. The van der Waals surface area contributed by atoms with Gasteiger partial charge in [-0.2, -0.15) is 0 Å². The van der Waals surface area contributed by atoms with Crippen LogP contribution < -0.4 is 0 Å². The highest BCUT2D eigenvalue weighted by Gasteiger charge is 2.38. The Morgan fingerprint density at radius 3 is 2.45 bits per heavy atom. The molecule has 20 heavy (non-hydrogen) atoms. The van der Waals surface area contributed by atoms with Gasteiger partial charge in [-0.1, -0.05) is 13.8 Å². The molecule has 2 unspecified atom stereocenters. The van der Waals surface area contributed by atoms with Crippen molar-refractivity contribution >= 4 is 11.8 Å². The molecule has 0 N–H and O–H groups in total. The van der Waals surface area contributed by atoms with E-state index in [1.807, 2.05) is 9.80 Å². The van der Waals surface area contributed by atoms with Gasteiger partial charge in [0.05, 0.1) is 5.92 Å². The topological polar surface area (TPSA) is 43.9 Å². The van der Waals surface area contributed by atoms with Crippen LogP contribution >= 0.6 is 0 Å². The molecule has 114 valence electrons. The summed E-state index contributed by atoms with van der Waals surface area (Å²) >= 11 is 0. The molecule has 0 bridgehead atoms. The van der Waals surface area contributed by atoms with Crippen LogP contribution in [-0.2, 0) is 9.59 Å². The lowest BCUT2D eigenvalue weighted by molar-refractivity contribution is -0.137. The van der Waals surface area contributed by atoms with E-state index in [4.69, 9.17) is 0 Å². The SMILES string of the molecule is CCC(C)N1CC(C(=O)N2CCN(CC)CC2)CC1=O. The quantitative estimate of drug-likeness (QED) is 0.765. The second-order valence-corrected chi connectivity index (χ2v) is 5.96. The Morgan fingerprint density at radius 2 is 1.90 bits per heavy atom. The molecule has 2 atom stereocenters. The summed E-state index contributed by atoms with van der Waals surface area (Å²) in [6.07, 6.45) is 1.35. The molecule has 2 rings (SSSR count). The summed E-state index contributed by atoms with van der Waals surface area (Å²) in [7, 11) is 0. The molecule has 0 aliphatic carbocycles.